The van der Waals surface area contributed by atoms with Gasteiger partial charge in [0.25, 0.3) is 0 Å². The van der Waals surface area contributed by atoms with Crippen molar-refractivity contribution in [2.75, 3.05) is 13.6 Å². The van der Waals surface area contributed by atoms with Crippen LogP contribution >= 0.6 is 0 Å². The second-order valence-corrected chi connectivity index (χ2v) is 11.9. The quantitative estimate of drug-likeness (QED) is 0.728. The zero-order chi connectivity index (χ0) is 13.1. The van der Waals surface area contributed by atoms with E-state index in [0.717, 1.165) is 24.1 Å². The highest BCUT2D eigenvalue weighted by molar-refractivity contribution is 6.78. The van der Waals surface area contributed by atoms with E-state index in [2.05, 4.69) is 19.6 Å². The Hall–Kier alpha value is -1.29. The van der Waals surface area contributed by atoms with Gasteiger partial charge in [-0.1, -0.05) is 19.6 Å². The molecule has 0 fully saturated rings. The minimum atomic E-state index is -1.40. The van der Waals surface area contributed by atoms with E-state index in [-0.39, 0.29) is 5.91 Å². The third-order valence-electron chi connectivity index (χ3n) is 4.18. The molecular weight excluding hydrogens is 242 g/mol. The topological polar surface area (TPSA) is 33.5 Å². The number of carbonyl (C=O) groups excluding carboxylic acids is 1. The summed E-state index contributed by atoms with van der Waals surface area (Å²) in [7, 11) is 0.488. The number of hydrogen-bond acceptors (Lipinski definition) is 2. The van der Waals surface area contributed by atoms with Crippen LogP contribution in [0.1, 0.15) is 11.1 Å². The summed E-state index contributed by atoms with van der Waals surface area (Å²) in [5.74, 6) is 0.226. The number of likely N-dealkylation sites (N-methyl/N-ethyl adjacent to an activating group) is 1. The van der Waals surface area contributed by atoms with Gasteiger partial charge in [-0.05, 0) is 23.1 Å². The summed E-state index contributed by atoms with van der Waals surface area (Å²) in [6.07, 6.45) is 4.63. The minimum absolute atomic E-state index is 0.226. The number of fused-ring (bicyclic) bond motifs is 2. The number of rotatable bonds is 1. The maximum Gasteiger partial charge on any atom is 0.250 e. The Kier molecular flexibility index (Phi) is 2.36. The Morgan fingerprint density at radius 1 is 1.33 bits per heavy atom. The van der Waals surface area contributed by atoms with E-state index >= 15 is 0 Å². The average Bonchev–Trinajstić information content (AvgIpc) is 2.83. The number of hydrogen-bond donors (Lipinski definition) is 0. The van der Waals surface area contributed by atoms with Crippen molar-refractivity contribution in [2.24, 2.45) is 0 Å². The van der Waals surface area contributed by atoms with Crippen LogP contribution in [0.15, 0.2) is 22.5 Å². The van der Waals surface area contributed by atoms with Crippen molar-refractivity contribution < 1.29 is 9.21 Å². The lowest BCUT2D eigenvalue weighted by atomic mass is 9.89. The van der Waals surface area contributed by atoms with E-state index in [9.17, 15) is 4.79 Å². The number of furan rings is 1. The van der Waals surface area contributed by atoms with Crippen LogP contribution in [0.2, 0.25) is 25.2 Å². The molecule has 3 rings (SSSR count). The standard InChI is InChI=1S/C14H19NO2Si/c1-15-6-10-11-8-17-7-9(11)5-12(18(2,3)4)13(10)14(15)16/h7-8,12H,5-6H2,1-4H3. The molecule has 2 aliphatic rings. The maximum absolute atomic E-state index is 12.4. The van der Waals surface area contributed by atoms with Gasteiger partial charge in [-0.3, -0.25) is 4.79 Å². The van der Waals surface area contributed by atoms with Crippen LogP contribution < -0.4 is 0 Å². The van der Waals surface area contributed by atoms with E-state index in [1.165, 1.54) is 11.1 Å². The van der Waals surface area contributed by atoms with E-state index in [0.29, 0.717) is 5.54 Å². The van der Waals surface area contributed by atoms with Crippen LogP contribution in [0.4, 0.5) is 0 Å². The van der Waals surface area contributed by atoms with Crippen molar-refractivity contribution in [3.63, 3.8) is 0 Å². The lowest BCUT2D eigenvalue weighted by molar-refractivity contribution is -0.124. The molecule has 0 aromatic carbocycles. The first-order valence-corrected chi connectivity index (χ1v) is 10.0. The first kappa shape index (κ1) is 11.8. The zero-order valence-electron chi connectivity index (χ0n) is 11.4. The van der Waals surface area contributed by atoms with Gasteiger partial charge in [0.05, 0.1) is 20.6 Å². The van der Waals surface area contributed by atoms with Crippen LogP contribution in [0.25, 0.3) is 5.57 Å². The molecule has 0 spiro atoms. The largest absolute Gasteiger partial charge is 0.472 e. The van der Waals surface area contributed by atoms with Gasteiger partial charge in [0, 0.05) is 24.7 Å². The van der Waals surface area contributed by atoms with Gasteiger partial charge < -0.3 is 9.32 Å². The second kappa shape index (κ2) is 3.60. The van der Waals surface area contributed by atoms with E-state index in [4.69, 9.17) is 4.42 Å². The molecule has 1 aliphatic heterocycles. The first-order valence-electron chi connectivity index (χ1n) is 6.43. The van der Waals surface area contributed by atoms with Gasteiger partial charge in [0.15, 0.2) is 0 Å². The minimum Gasteiger partial charge on any atom is -0.472 e. The molecule has 96 valence electrons. The molecule has 0 saturated carbocycles. The number of nitrogens with zero attached hydrogens (tertiary/aromatic N) is 1. The smallest absolute Gasteiger partial charge is 0.250 e. The van der Waals surface area contributed by atoms with Crippen molar-refractivity contribution in [3.05, 3.63) is 29.2 Å². The fourth-order valence-corrected chi connectivity index (χ4v) is 5.12. The normalized spacial score (nSPS) is 23.4. The fourth-order valence-electron chi connectivity index (χ4n) is 3.13. The van der Waals surface area contributed by atoms with Crippen molar-refractivity contribution in [1.82, 2.24) is 4.90 Å². The van der Waals surface area contributed by atoms with Gasteiger partial charge in [-0.2, -0.15) is 0 Å². The van der Waals surface area contributed by atoms with Gasteiger partial charge in [0.1, 0.15) is 0 Å². The van der Waals surface area contributed by atoms with Crippen molar-refractivity contribution in [3.8, 4) is 0 Å². The Morgan fingerprint density at radius 3 is 2.72 bits per heavy atom. The van der Waals surface area contributed by atoms with Crippen LogP contribution in [-0.2, 0) is 11.2 Å². The average molecular weight is 261 g/mol. The highest BCUT2D eigenvalue weighted by Gasteiger charge is 2.43. The summed E-state index contributed by atoms with van der Waals surface area (Å²) < 4.78 is 5.36. The molecule has 1 amide bonds. The van der Waals surface area contributed by atoms with Crippen LogP contribution in [0.5, 0.6) is 0 Å². The third kappa shape index (κ3) is 1.51. The molecule has 1 aromatic rings. The summed E-state index contributed by atoms with van der Waals surface area (Å²) in [6, 6.07) is 0. The van der Waals surface area contributed by atoms with E-state index in [1.807, 2.05) is 18.2 Å². The number of carbonyl (C=O) groups is 1. The Balaban J connectivity index is 2.18. The Labute approximate surface area is 108 Å². The lowest BCUT2D eigenvalue weighted by Crippen LogP contribution is -2.35. The Bertz CT molecular complexity index is 550. The molecule has 0 N–H and O–H groups in total. The summed E-state index contributed by atoms with van der Waals surface area (Å²) in [4.78, 5) is 14.2. The predicted molar refractivity (Wildman–Crippen MR) is 74.1 cm³/mol. The summed E-state index contributed by atoms with van der Waals surface area (Å²) in [6.45, 7) is 7.78. The molecule has 4 heteroatoms. The van der Waals surface area contributed by atoms with E-state index in [1.54, 1.807) is 6.26 Å². The lowest BCUT2D eigenvalue weighted by Gasteiger charge is -2.32. The van der Waals surface area contributed by atoms with Crippen LogP contribution in [0, 0.1) is 0 Å². The molecule has 0 radical (unpaired) electrons. The zero-order valence-corrected chi connectivity index (χ0v) is 12.4. The molecule has 1 unspecified atom stereocenters. The van der Waals surface area contributed by atoms with Crippen LogP contribution in [0.3, 0.4) is 0 Å². The highest BCUT2D eigenvalue weighted by Crippen LogP contribution is 2.46. The maximum atomic E-state index is 12.4. The molecule has 0 bridgehead atoms. The van der Waals surface area contributed by atoms with Crippen molar-refractivity contribution in [2.45, 2.75) is 31.6 Å². The highest BCUT2D eigenvalue weighted by atomic mass is 28.3. The summed E-state index contributed by atoms with van der Waals surface area (Å²) in [5.41, 5.74) is 5.16. The second-order valence-electron chi connectivity index (χ2n) is 6.49. The summed E-state index contributed by atoms with van der Waals surface area (Å²) in [5, 5.41) is 0. The molecule has 1 aromatic heterocycles. The first-order chi connectivity index (χ1) is 8.39. The molecular formula is C14H19NO2Si. The molecule has 18 heavy (non-hydrogen) atoms. The van der Waals surface area contributed by atoms with Gasteiger partial charge >= 0.3 is 0 Å². The van der Waals surface area contributed by atoms with Gasteiger partial charge in [-0.25, -0.2) is 0 Å². The van der Waals surface area contributed by atoms with Gasteiger partial charge in [-0.15, -0.1) is 0 Å². The third-order valence-corrected chi connectivity index (χ3v) is 6.77. The molecule has 1 aliphatic carbocycles. The fraction of sp³-hybridized carbons (Fsp3) is 0.500. The van der Waals surface area contributed by atoms with E-state index < -0.39 is 8.07 Å². The van der Waals surface area contributed by atoms with Gasteiger partial charge in [0.2, 0.25) is 5.91 Å². The monoisotopic (exact) mass is 261 g/mol. The Morgan fingerprint density at radius 2 is 2.06 bits per heavy atom. The molecule has 1 atom stereocenters. The summed E-state index contributed by atoms with van der Waals surface area (Å²) >= 11 is 0. The molecule has 0 saturated heterocycles. The predicted octanol–water partition coefficient (Wildman–Crippen LogP) is 2.77. The molecule has 3 nitrogen and oxygen atoms in total. The van der Waals surface area contributed by atoms with Crippen molar-refractivity contribution >= 4 is 19.6 Å². The van der Waals surface area contributed by atoms with Crippen LogP contribution in [-0.4, -0.2) is 32.5 Å². The van der Waals surface area contributed by atoms with Crippen molar-refractivity contribution in [1.29, 1.82) is 0 Å². The molecule has 2 heterocycles. The number of amides is 1. The SMILES string of the molecule is CN1CC2=C(C1=O)C([Si](C)(C)C)Cc1cocc12.